The van der Waals surface area contributed by atoms with E-state index in [0.29, 0.717) is 24.9 Å². The lowest BCUT2D eigenvalue weighted by Crippen LogP contribution is -2.42. The number of aromatic nitrogens is 1. The van der Waals surface area contributed by atoms with Crippen LogP contribution in [-0.4, -0.2) is 59.8 Å². The minimum Gasteiger partial charge on any atom is -0.377 e. The third-order valence-electron chi connectivity index (χ3n) is 5.44. The van der Waals surface area contributed by atoms with Crippen molar-refractivity contribution in [2.45, 2.75) is 31.9 Å². The number of nitrogens with zero attached hydrogens (tertiary/aromatic N) is 3. The summed E-state index contributed by atoms with van der Waals surface area (Å²) < 4.78 is 5.99. The summed E-state index contributed by atoms with van der Waals surface area (Å²) in [4.78, 5) is 24.2. The molecule has 0 unspecified atom stereocenters. The Labute approximate surface area is 142 Å². The topological polar surface area (TPSA) is 54.9 Å². The molecule has 0 bridgehead atoms. The minimum atomic E-state index is 0.0646. The number of pyridine rings is 1. The highest BCUT2D eigenvalue weighted by Crippen LogP contribution is 2.36. The number of amides is 1. The molecular weight excluding hydrogens is 306 g/mol. The zero-order valence-corrected chi connectivity index (χ0v) is 14.0. The normalized spacial score (nSPS) is 30.5. The van der Waals surface area contributed by atoms with Gasteiger partial charge < -0.3 is 4.74 Å². The minimum absolute atomic E-state index is 0.0646. The number of likely N-dealkylation sites (tertiary alicyclic amines) is 1. The third kappa shape index (κ3) is 3.45. The fourth-order valence-electron chi connectivity index (χ4n) is 4.18. The van der Waals surface area contributed by atoms with E-state index in [1.165, 1.54) is 10.6 Å². The van der Waals surface area contributed by atoms with Crippen molar-refractivity contribution in [2.75, 3.05) is 32.8 Å². The summed E-state index contributed by atoms with van der Waals surface area (Å²) >= 11 is 0. The van der Waals surface area contributed by atoms with Crippen molar-refractivity contribution in [3.8, 4) is 0 Å². The van der Waals surface area contributed by atoms with Crippen molar-refractivity contribution in [3.63, 3.8) is 0 Å². The molecule has 3 aliphatic rings. The van der Waals surface area contributed by atoms with Crippen LogP contribution in [-0.2, 0) is 20.9 Å². The van der Waals surface area contributed by atoms with Gasteiger partial charge in [0.1, 0.15) is 0 Å². The highest BCUT2D eigenvalue weighted by molar-refractivity contribution is 5.75. The van der Waals surface area contributed by atoms with Crippen LogP contribution in [0.5, 0.6) is 0 Å². The molecule has 1 aromatic heterocycles. The number of fused-ring (bicyclic) bond motifs is 1. The molecule has 1 amide bonds. The molecule has 0 N–H and O–H groups in total. The van der Waals surface area contributed by atoms with Crippen molar-refractivity contribution in [1.29, 1.82) is 0 Å². The van der Waals surface area contributed by atoms with Crippen molar-refractivity contribution in [1.82, 2.24) is 14.9 Å². The molecule has 4 rings (SSSR count). The SMILES string of the molecule is O=C(C[C@@H]1OC[C@@H]2CN(Cc3ccncc3)CC[C@@H]21)N1CCCO1. The summed E-state index contributed by atoms with van der Waals surface area (Å²) in [6, 6.07) is 4.16. The van der Waals surface area contributed by atoms with E-state index in [1.807, 2.05) is 12.4 Å². The maximum absolute atomic E-state index is 12.3. The number of hydrogen-bond acceptors (Lipinski definition) is 5. The van der Waals surface area contributed by atoms with Gasteiger partial charge in [-0.05, 0) is 43.0 Å². The van der Waals surface area contributed by atoms with Gasteiger partial charge in [0.05, 0.1) is 32.3 Å². The van der Waals surface area contributed by atoms with E-state index in [0.717, 1.165) is 45.6 Å². The lowest BCUT2D eigenvalue weighted by atomic mass is 9.83. The zero-order valence-electron chi connectivity index (χ0n) is 14.0. The molecule has 130 valence electrons. The molecule has 0 saturated carbocycles. The fourth-order valence-corrected chi connectivity index (χ4v) is 4.18. The molecular formula is C18H25N3O3. The van der Waals surface area contributed by atoms with Crippen LogP contribution in [0.25, 0.3) is 0 Å². The van der Waals surface area contributed by atoms with Gasteiger partial charge in [0, 0.05) is 31.4 Å². The molecule has 0 aliphatic carbocycles. The Morgan fingerprint density at radius 2 is 2.17 bits per heavy atom. The van der Waals surface area contributed by atoms with Gasteiger partial charge in [-0.3, -0.25) is 19.5 Å². The van der Waals surface area contributed by atoms with Crippen molar-refractivity contribution >= 4 is 5.91 Å². The van der Waals surface area contributed by atoms with Crippen LogP contribution in [0.1, 0.15) is 24.8 Å². The van der Waals surface area contributed by atoms with E-state index < -0.39 is 0 Å². The summed E-state index contributed by atoms with van der Waals surface area (Å²) in [5.41, 5.74) is 1.31. The maximum atomic E-state index is 12.3. The Morgan fingerprint density at radius 3 is 2.96 bits per heavy atom. The molecule has 3 atom stereocenters. The molecule has 3 aliphatic heterocycles. The molecule has 4 heterocycles. The second-order valence-corrected chi connectivity index (χ2v) is 7.06. The molecule has 0 aromatic carbocycles. The van der Waals surface area contributed by atoms with Crippen LogP contribution in [0.4, 0.5) is 0 Å². The highest BCUT2D eigenvalue weighted by Gasteiger charge is 2.42. The number of hydrogen-bond donors (Lipinski definition) is 0. The molecule has 1 aromatic rings. The lowest BCUT2D eigenvalue weighted by molar-refractivity contribution is -0.171. The fraction of sp³-hybridized carbons (Fsp3) is 0.667. The summed E-state index contributed by atoms with van der Waals surface area (Å²) in [5, 5.41) is 1.52. The number of carbonyl (C=O) groups is 1. The average Bonchev–Trinajstić information content (AvgIpc) is 3.26. The third-order valence-corrected chi connectivity index (χ3v) is 5.44. The summed E-state index contributed by atoms with van der Waals surface area (Å²) in [6.45, 7) is 5.25. The van der Waals surface area contributed by atoms with E-state index in [1.54, 1.807) is 0 Å². The van der Waals surface area contributed by atoms with Gasteiger partial charge in [0.15, 0.2) is 0 Å². The van der Waals surface area contributed by atoms with E-state index >= 15 is 0 Å². The number of rotatable bonds is 4. The van der Waals surface area contributed by atoms with E-state index in [2.05, 4.69) is 22.0 Å². The highest BCUT2D eigenvalue weighted by atomic mass is 16.7. The smallest absolute Gasteiger partial charge is 0.248 e. The molecule has 3 fully saturated rings. The first-order valence-electron chi connectivity index (χ1n) is 8.96. The lowest BCUT2D eigenvalue weighted by Gasteiger charge is -2.35. The molecule has 24 heavy (non-hydrogen) atoms. The van der Waals surface area contributed by atoms with Gasteiger partial charge in [-0.1, -0.05) is 0 Å². The predicted molar refractivity (Wildman–Crippen MR) is 87.8 cm³/mol. The van der Waals surface area contributed by atoms with Gasteiger partial charge >= 0.3 is 0 Å². The van der Waals surface area contributed by atoms with Crippen molar-refractivity contribution < 1.29 is 14.4 Å². The average molecular weight is 331 g/mol. The molecule has 3 saturated heterocycles. The number of hydroxylamine groups is 2. The monoisotopic (exact) mass is 331 g/mol. The number of ether oxygens (including phenoxy) is 1. The van der Waals surface area contributed by atoms with E-state index in [-0.39, 0.29) is 12.0 Å². The molecule has 0 spiro atoms. The van der Waals surface area contributed by atoms with Crippen molar-refractivity contribution in [2.24, 2.45) is 11.8 Å². The van der Waals surface area contributed by atoms with Crippen LogP contribution in [0.2, 0.25) is 0 Å². The summed E-state index contributed by atoms with van der Waals surface area (Å²) in [5.74, 6) is 1.13. The molecule has 0 radical (unpaired) electrons. The van der Waals surface area contributed by atoms with Crippen LogP contribution < -0.4 is 0 Å². The Morgan fingerprint density at radius 1 is 1.29 bits per heavy atom. The summed E-state index contributed by atoms with van der Waals surface area (Å²) in [6.07, 6.45) is 6.27. The van der Waals surface area contributed by atoms with Crippen LogP contribution in [0, 0.1) is 11.8 Å². The first-order valence-corrected chi connectivity index (χ1v) is 8.96. The number of piperidine rings is 1. The quantitative estimate of drug-likeness (QED) is 0.836. The van der Waals surface area contributed by atoms with Gasteiger partial charge in [-0.25, -0.2) is 5.06 Å². The Kier molecular flexibility index (Phi) is 4.78. The number of carbonyl (C=O) groups excluding carboxylic acids is 1. The maximum Gasteiger partial charge on any atom is 0.248 e. The Hall–Kier alpha value is -1.50. The Bertz CT molecular complexity index is 562. The second-order valence-electron chi connectivity index (χ2n) is 7.06. The zero-order chi connectivity index (χ0) is 16.4. The van der Waals surface area contributed by atoms with Gasteiger partial charge in [0.25, 0.3) is 0 Å². The largest absolute Gasteiger partial charge is 0.377 e. The Balaban J connectivity index is 1.30. The molecule has 6 heteroatoms. The second kappa shape index (κ2) is 7.17. The van der Waals surface area contributed by atoms with Crippen molar-refractivity contribution in [3.05, 3.63) is 30.1 Å². The molecule has 6 nitrogen and oxygen atoms in total. The van der Waals surface area contributed by atoms with Crippen LogP contribution in [0.15, 0.2) is 24.5 Å². The standard InChI is InChI=1S/C18H25N3O3/c22-18(21-7-1-9-24-21)10-17-16-4-8-20(12-15(16)13-23-17)11-14-2-5-19-6-3-14/h2-3,5-6,15-17H,1,4,7-13H2/t15-,16-,17-/m0/s1. The summed E-state index contributed by atoms with van der Waals surface area (Å²) in [7, 11) is 0. The predicted octanol–water partition coefficient (Wildman–Crippen LogP) is 1.47. The first kappa shape index (κ1) is 16.0. The van der Waals surface area contributed by atoms with E-state index in [4.69, 9.17) is 9.57 Å². The van der Waals surface area contributed by atoms with Crippen LogP contribution >= 0.6 is 0 Å². The van der Waals surface area contributed by atoms with E-state index in [9.17, 15) is 4.79 Å². The van der Waals surface area contributed by atoms with Gasteiger partial charge in [-0.15, -0.1) is 0 Å². The van der Waals surface area contributed by atoms with Gasteiger partial charge in [0.2, 0.25) is 5.91 Å². The van der Waals surface area contributed by atoms with Gasteiger partial charge in [-0.2, -0.15) is 0 Å². The van der Waals surface area contributed by atoms with Crippen LogP contribution in [0.3, 0.4) is 0 Å². The first-order chi connectivity index (χ1) is 11.8.